The third kappa shape index (κ3) is 3.56. The van der Waals surface area contributed by atoms with E-state index < -0.39 is 5.82 Å². The van der Waals surface area contributed by atoms with E-state index in [9.17, 15) is 9.18 Å². The fraction of sp³-hybridized carbons (Fsp3) is 0.200. The molecule has 0 spiro atoms. The second kappa shape index (κ2) is 8.00. The molecule has 2 aromatic heterocycles. The number of nitrogens with zero attached hydrogens (tertiary/aromatic N) is 5. The average molecular weight is 427 g/mol. The third-order valence-corrected chi connectivity index (χ3v) is 5.67. The van der Waals surface area contributed by atoms with Gasteiger partial charge in [0.05, 0.1) is 13.0 Å². The van der Waals surface area contributed by atoms with Crippen LogP contribution in [0.2, 0.25) is 0 Å². The van der Waals surface area contributed by atoms with Crippen molar-refractivity contribution in [1.82, 2.24) is 19.7 Å². The Morgan fingerprint density at radius 1 is 1.12 bits per heavy atom. The minimum absolute atomic E-state index is 0.0693. The van der Waals surface area contributed by atoms with E-state index in [0.29, 0.717) is 28.8 Å². The number of carbonyl (C=O) groups excluding carboxylic acids is 1. The van der Waals surface area contributed by atoms with E-state index in [2.05, 4.69) is 30.0 Å². The summed E-state index contributed by atoms with van der Waals surface area (Å²) < 4.78 is 16.2. The van der Waals surface area contributed by atoms with E-state index >= 15 is 0 Å². The number of rotatable bonds is 5. The third-order valence-electron chi connectivity index (χ3n) is 5.67. The van der Waals surface area contributed by atoms with Gasteiger partial charge >= 0.3 is 0 Å². The first-order chi connectivity index (χ1) is 15.5. The summed E-state index contributed by atoms with van der Waals surface area (Å²) in [7, 11) is 0. The molecule has 0 fully saturated rings. The van der Waals surface area contributed by atoms with Crippen molar-refractivity contribution >= 4 is 11.7 Å². The molecular formula is C25H22FN5O. The lowest BCUT2D eigenvalue weighted by atomic mass is 9.97. The number of amides is 1. The molecule has 0 radical (unpaired) electrons. The molecule has 4 aromatic rings. The minimum Gasteiger partial charge on any atom is -0.292 e. The smallest absolute Gasteiger partial charge is 0.233 e. The predicted octanol–water partition coefficient (Wildman–Crippen LogP) is 4.68. The molecule has 6 nitrogen and oxygen atoms in total. The molecule has 5 rings (SSSR count). The highest BCUT2D eigenvalue weighted by Crippen LogP contribution is 2.32. The number of benzene rings is 2. The summed E-state index contributed by atoms with van der Waals surface area (Å²) in [6.45, 7) is 4.50. The zero-order valence-corrected chi connectivity index (χ0v) is 17.9. The number of fused-ring (bicyclic) bond motifs is 1. The van der Waals surface area contributed by atoms with Gasteiger partial charge in [0.25, 0.3) is 0 Å². The Hall–Kier alpha value is -3.87. The van der Waals surface area contributed by atoms with E-state index in [0.717, 1.165) is 16.7 Å². The molecule has 0 saturated carbocycles. The lowest BCUT2D eigenvalue weighted by molar-refractivity contribution is -0.117. The van der Waals surface area contributed by atoms with Gasteiger partial charge in [-0.15, -0.1) is 0 Å². The van der Waals surface area contributed by atoms with E-state index in [-0.39, 0.29) is 18.9 Å². The number of hydrogen-bond donors (Lipinski definition) is 0. The summed E-state index contributed by atoms with van der Waals surface area (Å²) in [5.41, 5.74) is 3.94. The first kappa shape index (κ1) is 20.1. The number of carbonyl (C=O) groups is 1. The first-order valence-corrected chi connectivity index (χ1v) is 10.6. The molecule has 0 atom stereocenters. The molecule has 0 N–H and O–H groups in total. The van der Waals surface area contributed by atoms with Gasteiger partial charge in [0, 0.05) is 29.7 Å². The summed E-state index contributed by atoms with van der Waals surface area (Å²) >= 11 is 0. The number of hydrogen-bond acceptors (Lipinski definition) is 4. The molecule has 160 valence electrons. The predicted molar refractivity (Wildman–Crippen MR) is 120 cm³/mol. The Labute approximate surface area is 185 Å². The zero-order chi connectivity index (χ0) is 22.2. The highest BCUT2D eigenvalue weighted by Gasteiger charge is 2.30. The van der Waals surface area contributed by atoms with Gasteiger partial charge < -0.3 is 0 Å². The van der Waals surface area contributed by atoms with Crippen LogP contribution in [0.3, 0.4) is 0 Å². The fourth-order valence-electron chi connectivity index (χ4n) is 4.06. The molecule has 0 unspecified atom stereocenters. The Bertz CT molecular complexity index is 1300. The second-order valence-electron chi connectivity index (χ2n) is 8.18. The SMILES string of the molecule is CC(C)c1ccccc1-c1ncc2c(n1)N(Cc1ccc(-n3cccn3)c(F)c1)C(=O)C2. The van der Waals surface area contributed by atoms with Gasteiger partial charge in [-0.3, -0.25) is 9.69 Å². The molecule has 32 heavy (non-hydrogen) atoms. The molecule has 1 aliphatic rings. The largest absolute Gasteiger partial charge is 0.292 e. The van der Waals surface area contributed by atoms with Crippen molar-refractivity contribution in [2.75, 3.05) is 4.90 Å². The molecular weight excluding hydrogens is 405 g/mol. The Kier molecular flexibility index (Phi) is 5.01. The van der Waals surface area contributed by atoms with Crippen LogP contribution in [0, 0.1) is 5.82 Å². The van der Waals surface area contributed by atoms with Crippen molar-refractivity contribution in [3.63, 3.8) is 0 Å². The normalized spacial score (nSPS) is 13.1. The summed E-state index contributed by atoms with van der Waals surface area (Å²) in [6, 6.07) is 14.7. The van der Waals surface area contributed by atoms with Crippen molar-refractivity contribution < 1.29 is 9.18 Å². The topological polar surface area (TPSA) is 63.9 Å². The Morgan fingerprint density at radius 2 is 1.97 bits per heavy atom. The van der Waals surface area contributed by atoms with E-state index in [4.69, 9.17) is 4.98 Å². The maximum absolute atomic E-state index is 14.7. The van der Waals surface area contributed by atoms with Crippen LogP contribution in [0.1, 0.15) is 36.5 Å². The standard InChI is InChI=1S/C25H22FN5O/c1-16(2)19-6-3-4-7-20(19)24-27-14-18-13-23(32)30(25(18)29-24)15-17-8-9-22(21(26)12-17)31-11-5-10-28-31/h3-12,14,16H,13,15H2,1-2H3. The average Bonchev–Trinajstić information content (AvgIpc) is 3.42. The monoisotopic (exact) mass is 427 g/mol. The van der Waals surface area contributed by atoms with Crippen molar-refractivity contribution in [3.05, 3.63) is 89.6 Å². The minimum atomic E-state index is -0.396. The fourth-order valence-corrected chi connectivity index (χ4v) is 4.06. The molecule has 2 aromatic carbocycles. The molecule has 1 amide bonds. The maximum atomic E-state index is 14.7. The first-order valence-electron chi connectivity index (χ1n) is 10.6. The van der Waals surface area contributed by atoms with Crippen molar-refractivity contribution in [3.8, 4) is 17.1 Å². The van der Waals surface area contributed by atoms with E-state index in [1.54, 1.807) is 35.6 Å². The highest BCUT2D eigenvalue weighted by molar-refractivity contribution is 6.00. The highest BCUT2D eigenvalue weighted by atomic mass is 19.1. The van der Waals surface area contributed by atoms with Gasteiger partial charge in [-0.2, -0.15) is 5.10 Å². The molecule has 3 heterocycles. The zero-order valence-electron chi connectivity index (χ0n) is 17.9. The molecule has 0 saturated heterocycles. The van der Waals surface area contributed by atoms with Crippen LogP contribution in [0.25, 0.3) is 17.1 Å². The second-order valence-corrected chi connectivity index (χ2v) is 8.18. The summed E-state index contributed by atoms with van der Waals surface area (Å²) in [6.07, 6.45) is 5.26. The van der Waals surface area contributed by atoms with Crippen LogP contribution >= 0.6 is 0 Å². The summed E-state index contributed by atoms with van der Waals surface area (Å²) in [5.74, 6) is 1.03. The molecule has 7 heteroatoms. The van der Waals surface area contributed by atoms with Gasteiger partial charge in [0.1, 0.15) is 17.3 Å². The van der Waals surface area contributed by atoms with Gasteiger partial charge in [0.2, 0.25) is 5.91 Å². The molecule has 0 bridgehead atoms. The lowest BCUT2D eigenvalue weighted by Gasteiger charge is -2.18. The van der Waals surface area contributed by atoms with E-state index in [1.807, 2.05) is 24.3 Å². The van der Waals surface area contributed by atoms with Crippen molar-refractivity contribution in [2.45, 2.75) is 32.7 Å². The van der Waals surface area contributed by atoms with Gasteiger partial charge in [-0.1, -0.05) is 44.2 Å². The van der Waals surface area contributed by atoms with Crippen LogP contribution in [0.15, 0.2) is 67.1 Å². The van der Waals surface area contributed by atoms with Crippen LogP contribution < -0.4 is 4.90 Å². The quantitative estimate of drug-likeness (QED) is 0.464. The van der Waals surface area contributed by atoms with Crippen molar-refractivity contribution in [1.29, 1.82) is 0 Å². The van der Waals surface area contributed by atoms with Gasteiger partial charge in [-0.25, -0.2) is 19.0 Å². The van der Waals surface area contributed by atoms with Crippen LogP contribution in [-0.2, 0) is 17.8 Å². The summed E-state index contributed by atoms with van der Waals surface area (Å²) in [4.78, 5) is 23.7. The lowest BCUT2D eigenvalue weighted by Crippen LogP contribution is -2.26. The molecule has 1 aliphatic heterocycles. The maximum Gasteiger partial charge on any atom is 0.233 e. The number of halogens is 1. The van der Waals surface area contributed by atoms with Crippen LogP contribution in [0.5, 0.6) is 0 Å². The van der Waals surface area contributed by atoms with E-state index in [1.165, 1.54) is 10.7 Å². The van der Waals surface area contributed by atoms with Crippen molar-refractivity contribution in [2.24, 2.45) is 0 Å². The Morgan fingerprint density at radius 3 is 2.72 bits per heavy atom. The molecule has 0 aliphatic carbocycles. The summed E-state index contributed by atoms with van der Waals surface area (Å²) in [5, 5.41) is 4.08. The number of aromatic nitrogens is 4. The number of anilines is 1. The Balaban J connectivity index is 1.48. The van der Waals surface area contributed by atoms with Crippen LogP contribution in [-0.4, -0.2) is 25.7 Å². The van der Waals surface area contributed by atoms with Gasteiger partial charge in [0.15, 0.2) is 5.82 Å². The van der Waals surface area contributed by atoms with Crippen LogP contribution in [0.4, 0.5) is 10.2 Å². The van der Waals surface area contributed by atoms with Gasteiger partial charge in [-0.05, 0) is 35.2 Å².